The Kier molecular flexibility index (Phi) is 5.32. The van der Waals surface area contributed by atoms with E-state index in [4.69, 9.17) is 0 Å². The van der Waals surface area contributed by atoms with Crippen molar-refractivity contribution in [3.63, 3.8) is 0 Å². The van der Waals surface area contributed by atoms with Crippen LogP contribution < -0.4 is 5.32 Å². The fourth-order valence-electron chi connectivity index (χ4n) is 1.56. The third kappa shape index (κ3) is 4.63. The highest BCUT2D eigenvalue weighted by Crippen LogP contribution is 2.20. The maximum Gasteiger partial charge on any atom is 0.244 e. The van der Waals surface area contributed by atoms with E-state index in [1.54, 1.807) is 17.4 Å². The second kappa shape index (κ2) is 7.23. The Labute approximate surface area is 120 Å². The lowest BCUT2D eigenvalue weighted by atomic mass is 10.2. The highest BCUT2D eigenvalue weighted by atomic mass is 32.1. The number of carbonyl (C=O) groups is 1. The van der Waals surface area contributed by atoms with Crippen molar-refractivity contribution in [2.75, 3.05) is 6.54 Å². The smallest absolute Gasteiger partial charge is 0.244 e. The fourth-order valence-corrected chi connectivity index (χ4v) is 2.92. The number of thiophene rings is 2. The average Bonchev–Trinajstić information content (AvgIpc) is 3.09. The van der Waals surface area contributed by atoms with E-state index in [0.717, 1.165) is 9.75 Å². The van der Waals surface area contributed by atoms with Crippen LogP contribution in [0.4, 0.5) is 0 Å². The van der Waals surface area contributed by atoms with Crippen LogP contribution in [-0.4, -0.2) is 17.6 Å². The summed E-state index contributed by atoms with van der Waals surface area (Å²) < 4.78 is 0. The van der Waals surface area contributed by atoms with Crippen molar-refractivity contribution in [2.45, 2.75) is 12.5 Å². The fraction of sp³-hybridized carbons (Fsp3) is 0.214. The molecule has 0 aliphatic carbocycles. The normalized spacial score (nSPS) is 12.7. The van der Waals surface area contributed by atoms with Gasteiger partial charge in [-0.1, -0.05) is 12.1 Å². The monoisotopic (exact) mass is 293 g/mol. The summed E-state index contributed by atoms with van der Waals surface area (Å²) in [7, 11) is 0. The molecule has 0 spiro atoms. The summed E-state index contributed by atoms with van der Waals surface area (Å²) in [5.74, 6) is -0.133. The summed E-state index contributed by atoms with van der Waals surface area (Å²) in [4.78, 5) is 13.5. The molecule has 1 amide bonds. The van der Waals surface area contributed by atoms with Gasteiger partial charge in [-0.25, -0.2) is 0 Å². The second-order valence-electron chi connectivity index (χ2n) is 3.96. The van der Waals surface area contributed by atoms with E-state index in [2.05, 4.69) is 5.32 Å². The van der Waals surface area contributed by atoms with Crippen LogP contribution in [0.15, 0.2) is 41.1 Å². The van der Waals surface area contributed by atoms with Gasteiger partial charge in [-0.15, -0.1) is 22.7 Å². The molecule has 2 N–H and O–H groups in total. The van der Waals surface area contributed by atoms with Crippen molar-refractivity contribution in [3.05, 3.63) is 50.9 Å². The summed E-state index contributed by atoms with van der Waals surface area (Å²) in [5, 5.41) is 16.5. The maximum absolute atomic E-state index is 11.5. The predicted octanol–water partition coefficient (Wildman–Crippen LogP) is 3.06. The van der Waals surface area contributed by atoms with Gasteiger partial charge in [0.2, 0.25) is 5.91 Å². The third-order valence-electron chi connectivity index (χ3n) is 2.53. The lowest BCUT2D eigenvalue weighted by Gasteiger charge is -2.08. The molecule has 5 heteroatoms. The molecule has 1 atom stereocenters. The van der Waals surface area contributed by atoms with Gasteiger partial charge in [-0.05, 0) is 35.4 Å². The first-order chi connectivity index (χ1) is 9.25. The Hall–Kier alpha value is -1.43. The number of hydrogen-bond donors (Lipinski definition) is 2. The number of hydrogen-bond acceptors (Lipinski definition) is 4. The van der Waals surface area contributed by atoms with E-state index in [0.29, 0.717) is 13.0 Å². The van der Waals surface area contributed by atoms with Gasteiger partial charge in [0, 0.05) is 22.4 Å². The van der Waals surface area contributed by atoms with Crippen molar-refractivity contribution < 1.29 is 9.90 Å². The first-order valence-corrected chi connectivity index (χ1v) is 7.72. The van der Waals surface area contributed by atoms with E-state index in [-0.39, 0.29) is 5.91 Å². The minimum absolute atomic E-state index is 0.133. The molecule has 2 aromatic heterocycles. The van der Waals surface area contributed by atoms with E-state index in [1.807, 2.05) is 35.0 Å². The van der Waals surface area contributed by atoms with E-state index < -0.39 is 6.10 Å². The number of carbonyl (C=O) groups excluding carboxylic acids is 1. The summed E-state index contributed by atoms with van der Waals surface area (Å²) in [6.45, 7) is 0.465. The van der Waals surface area contributed by atoms with Crippen LogP contribution in [0.5, 0.6) is 0 Å². The van der Waals surface area contributed by atoms with Crippen LogP contribution in [0.1, 0.15) is 22.3 Å². The number of nitrogens with one attached hydrogen (secondary N) is 1. The molecule has 0 aromatic carbocycles. The lowest BCUT2D eigenvalue weighted by molar-refractivity contribution is -0.116. The Balaban J connectivity index is 1.69. The molecule has 2 rings (SSSR count). The molecule has 19 heavy (non-hydrogen) atoms. The molecule has 2 aromatic rings. The van der Waals surface area contributed by atoms with Gasteiger partial charge >= 0.3 is 0 Å². The zero-order chi connectivity index (χ0) is 13.5. The van der Waals surface area contributed by atoms with Crippen molar-refractivity contribution in [1.29, 1.82) is 0 Å². The lowest BCUT2D eigenvalue weighted by Crippen LogP contribution is -2.23. The Morgan fingerprint density at radius 1 is 1.32 bits per heavy atom. The van der Waals surface area contributed by atoms with Gasteiger partial charge in [-0.2, -0.15) is 0 Å². The van der Waals surface area contributed by atoms with Crippen molar-refractivity contribution in [1.82, 2.24) is 5.32 Å². The van der Waals surface area contributed by atoms with Gasteiger partial charge in [0.05, 0.1) is 6.10 Å². The quantitative estimate of drug-likeness (QED) is 0.804. The van der Waals surface area contributed by atoms with Crippen LogP contribution in [-0.2, 0) is 4.79 Å². The molecular weight excluding hydrogens is 278 g/mol. The number of amides is 1. The number of aliphatic hydroxyl groups is 1. The largest absolute Gasteiger partial charge is 0.388 e. The molecule has 0 aliphatic rings. The third-order valence-corrected chi connectivity index (χ3v) is 4.34. The molecule has 0 bridgehead atoms. The van der Waals surface area contributed by atoms with Crippen LogP contribution in [0, 0.1) is 0 Å². The van der Waals surface area contributed by atoms with Crippen LogP contribution in [0.3, 0.4) is 0 Å². The van der Waals surface area contributed by atoms with Crippen molar-refractivity contribution in [2.24, 2.45) is 0 Å². The highest BCUT2D eigenvalue weighted by Gasteiger charge is 2.08. The summed E-state index contributed by atoms with van der Waals surface area (Å²) in [6.07, 6.45) is 3.33. The molecule has 100 valence electrons. The standard InChI is InChI=1S/C14H15NO2S2/c16-12(13-4-2-10-19-13)7-8-15-14(17)6-5-11-3-1-9-18-11/h1-6,9-10,12,16H,7-8H2,(H,15,17)/b6-5+/t12-/m1/s1. The molecule has 0 unspecified atom stereocenters. The average molecular weight is 293 g/mol. The molecule has 0 aliphatic heterocycles. The summed E-state index contributed by atoms with van der Waals surface area (Å²) in [6, 6.07) is 7.70. The maximum atomic E-state index is 11.5. The first kappa shape index (κ1) is 14.0. The second-order valence-corrected chi connectivity index (χ2v) is 5.92. The molecule has 0 radical (unpaired) electrons. The van der Waals surface area contributed by atoms with Gasteiger partial charge in [0.1, 0.15) is 0 Å². The van der Waals surface area contributed by atoms with E-state index in [9.17, 15) is 9.90 Å². The number of rotatable bonds is 6. The molecule has 0 saturated heterocycles. The van der Waals surface area contributed by atoms with E-state index in [1.165, 1.54) is 17.4 Å². The highest BCUT2D eigenvalue weighted by molar-refractivity contribution is 7.10. The van der Waals surface area contributed by atoms with Crippen molar-refractivity contribution >= 4 is 34.7 Å². The zero-order valence-electron chi connectivity index (χ0n) is 10.3. The van der Waals surface area contributed by atoms with E-state index >= 15 is 0 Å². The SMILES string of the molecule is O=C(/C=C/c1cccs1)NCC[C@@H](O)c1cccs1. The van der Waals surface area contributed by atoms with Gasteiger partial charge in [0.25, 0.3) is 0 Å². The van der Waals surface area contributed by atoms with Crippen molar-refractivity contribution in [3.8, 4) is 0 Å². The molecule has 2 heterocycles. The Morgan fingerprint density at radius 3 is 2.79 bits per heavy atom. The molecule has 3 nitrogen and oxygen atoms in total. The van der Waals surface area contributed by atoms with Crippen LogP contribution >= 0.6 is 22.7 Å². The predicted molar refractivity (Wildman–Crippen MR) is 80.3 cm³/mol. The minimum atomic E-state index is -0.499. The minimum Gasteiger partial charge on any atom is -0.388 e. The number of aliphatic hydroxyl groups excluding tert-OH is 1. The van der Waals surface area contributed by atoms with Gasteiger partial charge in [-0.3, -0.25) is 4.79 Å². The molecule has 0 saturated carbocycles. The zero-order valence-corrected chi connectivity index (χ0v) is 11.9. The summed E-state index contributed by atoms with van der Waals surface area (Å²) >= 11 is 3.11. The van der Waals surface area contributed by atoms with Crippen LogP contribution in [0.2, 0.25) is 0 Å². The first-order valence-electron chi connectivity index (χ1n) is 5.96. The van der Waals surface area contributed by atoms with Crippen LogP contribution in [0.25, 0.3) is 6.08 Å². The van der Waals surface area contributed by atoms with Gasteiger partial charge in [0.15, 0.2) is 0 Å². The Bertz CT molecular complexity index is 518. The topological polar surface area (TPSA) is 49.3 Å². The molecular formula is C14H15NO2S2. The molecule has 0 fully saturated rings. The Morgan fingerprint density at radius 2 is 2.11 bits per heavy atom. The summed E-state index contributed by atoms with van der Waals surface area (Å²) in [5.41, 5.74) is 0. The van der Waals surface area contributed by atoms with Gasteiger partial charge < -0.3 is 10.4 Å².